The zero-order valence-corrected chi connectivity index (χ0v) is 12.8. The Hall–Kier alpha value is -1.89. The minimum atomic E-state index is -3.82. The lowest BCUT2D eigenvalue weighted by molar-refractivity contribution is -0.121. The van der Waals surface area contributed by atoms with Crippen LogP contribution in [0.5, 0.6) is 0 Å². The first-order chi connectivity index (χ1) is 9.87. The number of carbonyl (C=O) groups is 2. The fraction of sp³-hybridized carbons (Fsp3) is 0.429. The maximum absolute atomic E-state index is 12.3. The topological polar surface area (TPSA) is 83.6 Å². The highest BCUT2D eigenvalue weighted by Gasteiger charge is 2.40. The summed E-state index contributed by atoms with van der Waals surface area (Å²) >= 11 is 0. The van der Waals surface area contributed by atoms with Gasteiger partial charge in [-0.1, -0.05) is 19.1 Å². The van der Waals surface area contributed by atoms with Gasteiger partial charge >= 0.3 is 0 Å². The standard InChI is InChI=1S/C14H18N2O4S/c1-3-10(2)15-13(17)8-9-16-14(18)11-6-4-5-7-12(11)21(16,19)20/h4-7,10H,3,8-9H2,1-2H3,(H,15,17)/t10-/m1/s1. The number of carbonyl (C=O) groups excluding carboxylic acids is 2. The third-order valence-corrected chi connectivity index (χ3v) is 5.31. The summed E-state index contributed by atoms with van der Waals surface area (Å²) in [5.41, 5.74) is 0.167. The third-order valence-electron chi connectivity index (χ3n) is 3.47. The van der Waals surface area contributed by atoms with Gasteiger partial charge in [0.25, 0.3) is 15.9 Å². The van der Waals surface area contributed by atoms with Crippen LogP contribution in [0.3, 0.4) is 0 Å². The Labute approximate surface area is 124 Å². The molecule has 0 saturated heterocycles. The molecule has 1 atom stereocenters. The summed E-state index contributed by atoms with van der Waals surface area (Å²) in [5, 5.41) is 2.75. The molecule has 21 heavy (non-hydrogen) atoms. The van der Waals surface area contributed by atoms with Crippen molar-refractivity contribution < 1.29 is 18.0 Å². The second kappa shape index (κ2) is 5.85. The van der Waals surface area contributed by atoms with Crippen LogP contribution in [-0.2, 0) is 14.8 Å². The number of sulfonamides is 1. The normalized spacial score (nSPS) is 17.4. The highest BCUT2D eigenvalue weighted by molar-refractivity contribution is 7.90. The first-order valence-electron chi connectivity index (χ1n) is 6.83. The second-order valence-corrected chi connectivity index (χ2v) is 6.84. The van der Waals surface area contributed by atoms with E-state index < -0.39 is 15.9 Å². The SMILES string of the molecule is CC[C@@H](C)NC(=O)CCN1C(=O)c2ccccc2S1(=O)=O. The van der Waals surface area contributed by atoms with Gasteiger partial charge in [-0.2, -0.15) is 0 Å². The average Bonchev–Trinajstić information content (AvgIpc) is 2.65. The van der Waals surface area contributed by atoms with Gasteiger partial charge < -0.3 is 5.32 Å². The molecule has 0 aliphatic carbocycles. The van der Waals surface area contributed by atoms with Crippen LogP contribution in [0, 0.1) is 0 Å². The van der Waals surface area contributed by atoms with Gasteiger partial charge in [0.2, 0.25) is 5.91 Å². The van der Waals surface area contributed by atoms with Crippen molar-refractivity contribution >= 4 is 21.8 Å². The van der Waals surface area contributed by atoms with Gasteiger partial charge in [-0.3, -0.25) is 9.59 Å². The number of rotatable bonds is 5. The molecule has 2 rings (SSSR count). The molecule has 1 aromatic carbocycles. The van der Waals surface area contributed by atoms with Crippen molar-refractivity contribution in [2.45, 2.75) is 37.6 Å². The molecule has 0 spiro atoms. The van der Waals surface area contributed by atoms with Crippen LogP contribution in [0.15, 0.2) is 29.2 Å². The van der Waals surface area contributed by atoms with Crippen LogP contribution >= 0.6 is 0 Å². The summed E-state index contributed by atoms with van der Waals surface area (Å²) in [6.45, 7) is 3.67. The Balaban J connectivity index is 2.09. The van der Waals surface area contributed by atoms with Gasteiger partial charge in [-0.25, -0.2) is 12.7 Å². The van der Waals surface area contributed by atoms with E-state index in [2.05, 4.69) is 5.32 Å². The number of hydrogen-bond acceptors (Lipinski definition) is 4. The van der Waals surface area contributed by atoms with Crippen LogP contribution in [-0.4, -0.2) is 37.1 Å². The highest BCUT2D eigenvalue weighted by atomic mass is 32.2. The van der Waals surface area contributed by atoms with Crippen molar-refractivity contribution in [2.75, 3.05) is 6.54 Å². The minimum absolute atomic E-state index is 0.0114. The van der Waals surface area contributed by atoms with Gasteiger partial charge in [0.15, 0.2) is 0 Å². The van der Waals surface area contributed by atoms with Crippen LogP contribution in [0.1, 0.15) is 37.0 Å². The largest absolute Gasteiger partial charge is 0.354 e. The number of nitrogens with zero attached hydrogens (tertiary/aromatic N) is 1. The molecule has 0 unspecified atom stereocenters. The third kappa shape index (κ3) is 2.92. The van der Waals surface area contributed by atoms with Crippen LogP contribution < -0.4 is 5.32 Å². The molecule has 1 aliphatic rings. The molecule has 1 heterocycles. The molecular formula is C14H18N2O4S. The molecule has 2 amide bonds. The predicted octanol–water partition coefficient (Wildman–Crippen LogP) is 1.14. The molecule has 6 nitrogen and oxygen atoms in total. The summed E-state index contributed by atoms with van der Waals surface area (Å²) in [7, 11) is -3.82. The summed E-state index contributed by atoms with van der Waals surface area (Å²) < 4.78 is 25.3. The van der Waals surface area contributed by atoms with E-state index in [0.29, 0.717) is 0 Å². The average molecular weight is 310 g/mol. The Kier molecular flexibility index (Phi) is 4.32. The monoisotopic (exact) mass is 310 g/mol. The molecule has 1 aromatic rings. The number of amides is 2. The summed E-state index contributed by atoms with van der Waals surface area (Å²) in [5.74, 6) is -0.828. The van der Waals surface area contributed by atoms with E-state index in [9.17, 15) is 18.0 Å². The van der Waals surface area contributed by atoms with Crippen LogP contribution in [0.4, 0.5) is 0 Å². The molecule has 0 aromatic heterocycles. The predicted molar refractivity (Wildman–Crippen MR) is 77.2 cm³/mol. The van der Waals surface area contributed by atoms with Crippen molar-refractivity contribution in [1.29, 1.82) is 0 Å². The van der Waals surface area contributed by atoms with Crippen molar-refractivity contribution in [3.05, 3.63) is 29.8 Å². The van der Waals surface area contributed by atoms with Crippen LogP contribution in [0.2, 0.25) is 0 Å². The zero-order chi connectivity index (χ0) is 15.6. The first-order valence-corrected chi connectivity index (χ1v) is 8.27. The number of nitrogens with one attached hydrogen (secondary N) is 1. The molecule has 0 saturated carbocycles. The second-order valence-electron chi connectivity index (χ2n) is 5.01. The quantitative estimate of drug-likeness (QED) is 0.884. The Morgan fingerprint density at radius 2 is 2.00 bits per heavy atom. The fourth-order valence-corrected chi connectivity index (χ4v) is 3.67. The van der Waals surface area contributed by atoms with Gasteiger partial charge in [-0.05, 0) is 25.5 Å². The fourth-order valence-electron chi connectivity index (χ4n) is 2.10. The molecule has 7 heteroatoms. The van der Waals surface area contributed by atoms with Gasteiger partial charge in [0, 0.05) is 19.0 Å². The smallest absolute Gasteiger partial charge is 0.269 e. The highest BCUT2D eigenvalue weighted by Crippen LogP contribution is 2.29. The van der Waals surface area contributed by atoms with E-state index in [1.807, 2.05) is 13.8 Å². The van der Waals surface area contributed by atoms with E-state index in [-0.39, 0.29) is 35.4 Å². The first kappa shape index (κ1) is 15.5. The number of benzene rings is 1. The van der Waals surface area contributed by atoms with Crippen molar-refractivity contribution in [1.82, 2.24) is 9.62 Å². The molecule has 114 valence electrons. The molecule has 1 aliphatic heterocycles. The Bertz CT molecular complexity index is 669. The summed E-state index contributed by atoms with van der Waals surface area (Å²) in [4.78, 5) is 23.8. The zero-order valence-electron chi connectivity index (χ0n) is 12.0. The van der Waals surface area contributed by atoms with E-state index >= 15 is 0 Å². The summed E-state index contributed by atoms with van der Waals surface area (Å²) in [6, 6.07) is 6.10. The van der Waals surface area contributed by atoms with Crippen molar-refractivity contribution in [3.8, 4) is 0 Å². The molecule has 1 N–H and O–H groups in total. The maximum Gasteiger partial charge on any atom is 0.269 e. The lowest BCUT2D eigenvalue weighted by atomic mass is 10.2. The number of hydrogen-bond donors (Lipinski definition) is 1. The van der Waals surface area contributed by atoms with Crippen LogP contribution in [0.25, 0.3) is 0 Å². The molecular weight excluding hydrogens is 292 g/mol. The van der Waals surface area contributed by atoms with E-state index in [1.165, 1.54) is 12.1 Å². The number of fused-ring (bicyclic) bond motifs is 1. The Morgan fingerprint density at radius 1 is 1.33 bits per heavy atom. The molecule has 0 fully saturated rings. The van der Waals surface area contributed by atoms with Gasteiger partial charge in [0.05, 0.1) is 5.56 Å². The van der Waals surface area contributed by atoms with Gasteiger partial charge in [-0.15, -0.1) is 0 Å². The summed E-state index contributed by atoms with van der Waals surface area (Å²) in [6.07, 6.45) is 0.751. The lowest BCUT2D eigenvalue weighted by Gasteiger charge is -2.16. The molecule has 0 radical (unpaired) electrons. The maximum atomic E-state index is 12.3. The lowest BCUT2D eigenvalue weighted by Crippen LogP contribution is -2.37. The van der Waals surface area contributed by atoms with Gasteiger partial charge in [0.1, 0.15) is 4.90 Å². The minimum Gasteiger partial charge on any atom is -0.354 e. The van der Waals surface area contributed by atoms with Crippen molar-refractivity contribution in [3.63, 3.8) is 0 Å². The Morgan fingerprint density at radius 3 is 2.62 bits per heavy atom. The van der Waals surface area contributed by atoms with E-state index in [0.717, 1.165) is 10.7 Å². The van der Waals surface area contributed by atoms with E-state index in [1.54, 1.807) is 12.1 Å². The van der Waals surface area contributed by atoms with E-state index in [4.69, 9.17) is 0 Å². The van der Waals surface area contributed by atoms with Crippen molar-refractivity contribution in [2.24, 2.45) is 0 Å². The molecule has 0 bridgehead atoms.